The average Bonchev–Trinajstić information content (AvgIpc) is 2.89. The lowest BCUT2D eigenvalue weighted by molar-refractivity contribution is 0.295. The Labute approximate surface area is 102 Å². The molecule has 0 radical (unpaired) electrons. The number of benzene rings is 1. The molecule has 0 spiro atoms. The van der Waals surface area contributed by atoms with Crippen molar-refractivity contribution in [2.75, 3.05) is 6.54 Å². The largest absolute Gasteiger partial charge is 0.330 e. The van der Waals surface area contributed by atoms with E-state index in [2.05, 4.69) is 12.1 Å². The summed E-state index contributed by atoms with van der Waals surface area (Å²) in [7, 11) is 0. The summed E-state index contributed by atoms with van der Waals surface area (Å²) in [5.41, 5.74) is 7.40. The molecule has 86 valence electrons. The van der Waals surface area contributed by atoms with E-state index in [1.54, 1.807) is 0 Å². The van der Waals surface area contributed by atoms with Crippen LogP contribution in [-0.2, 0) is 0 Å². The van der Waals surface area contributed by atoms with Crippen molar-refractivity contribution in [3.05, 3.63) is 34.9 Å². The van der Waals surface area contributed by atoms with Crippen LogP contribution in [0.1, 0.15) is 30.7 Å². The average molecular weight is 236 g/mol. The maximum absolute atomic E-state index is 5.95. The van der Waals surface area contributed by atoms with Crippen molar-refractivity contribution in [2.24, 2.45) is 23.5 Å². The molecule has 2 heteroatoms. The second kappa shape index (κ2) is 4.05. The van der Waals surface area contributed by atoms with Crippen molar-refractivity contribution < 1.29 is 0 Å². The van der Waals surface area contributed by atoms with E-state index in [1.165, 1.54) is 24.8 Å². The predicted molar refractivity (Wildman–Crippen MR) is 67.6 cm³/mol. The van der Waals surface area contributed by atoms with Gasteiger partial charge >= 0.3 is 0 Å². The van der Waals surface area contributed by atoms with Crippen molar-refractivity contribution in [1.29, 1.82) is 0 Å². The van der Waals surface area contributed by atoms with Gasteiger partial charge in [0.05, 0.1) is 0 Å². The SMILES string of the molecule is NCC1C2CCC(C2)C1c1ccc(Cl)cc1. The number of nitrogens with two attached hydrogens (primary N) is 1. The second-order valence-corrected chi connectivity index (χ2v) is 5.75. The van der Waals surface area contributed by atoms with E-state index < -0.39 is 0 Å². The van der Waals surface area contributed by atoms with Crippen LogP contribution in [-0.4, -0.2) is 6.54 Å². The molecule has 3 rings (SSSR count). The Balaban J connectivity index is 1.91. The molecule has 2 saturated carbocycles. The fourth-order valence-electron chi connectivity index (χ4n) is 3.95. The van der Waals surface area contributed by atoms with Gasteiger partial charge in [0.25, 0.3) is 0 Å². The van der Waals surface area contributed by atoms with Gasteiger partial charge in [-0.25, -0.2) is 0 Å². The Morgan fingerprint density at radius 2 is 1.81 bits per heavy atom. The first-order valence-electron chi connectivity index (χ1n) is 6.25. The Bertz CT molecular complexity index is 373. The minimum Gasteiger partial charge on any atom is -0.330 e. The van der Waals surface area contributed by atoms with E-state index >= 15 is 0 Å². The quantitative estimate of drug-likeness (QED) is 0.835. The van der Waals surface area contributed by atoms with Gasteiger partial charge in [-0.15, -0.1) is 0 Å². The second-order valence-electron chi connectivity index (χ2n) is 5.31. The van der Waals surface area contributed by atoms with Gasteiger partial charge in [0.2, 0.25) is 0 Å². The lowest BCUT2D eigenvalue weighted by Gasteiger charge is -2.30. The summed E-state index contributed by atoms with van der Waals surface area (Å²) in [6.07, 6.45) is 4.19. The third-order valence-corrected chi connectivity index (χ3v) is 4.87. The number of halogens is 1. The molecule has 0 saturated heterocycles. The van der Waals surface area contributed by atoms with Crippen molar-refractivity contribution >= 4 is 11.6 Å². The molecule has 2 N–H and O–H groups in total. The van der Waals surface area contributed by atoms with Gasteiger partial charge in [0.15, 0.2) is 0 Å². The van der Waals surface area contributed by atoms with Crippen molar-refractivity contribution in [3.63, 3.8) is 0 Å². The standard InChI is InChI=1S/C14H18ClN/c15-12-5-3-9(4-6-12)14-11-2-1-10(7-11)13(14)8-16/h3-6,10-11,13-14H,1-2,7-8,16H2. The highest BCUT2D eigenvalue weighted by molar-refractivity contribution is 6.30. The van der Waals surface area contributed by atoms with Crippen LogP contribution in [0.15, 0.2) is 24.3 Å². The molecule has 2 aliphatic carbocycles. The molecule has 0 aliphatic heterocycles. The normalized spacial score (nSPS) is 36.9. The Morgan fingerprint density at radius 3 is 2.50 bits per heavy atom. The number of hydrogen-bond acceptors (Lipinski definition) is 1. The third kappa shape index (κ3) is 1.57. The molecule has 0 amide bonds. The lowest BCUT2D eigenvalue weighted by atomic mass is 9.75. The van der Waals surface area contributed by atoms with Crippen molar-refractivity contribution in [1.82, 2.24) is 0 Å². The lowest BCUT2D eigenvalue weighted by Crippen LogP contribution is -2.27. The highest BCUT2D eigenvalue weighted by atomic mass is 35.5. The van der Waals surface area contributed by atoms with Gasteiger partial charge in [0, 0.05) is 5.02 Å². The van der Waals surface area contributed by atoms with Gasteiger partial charge in [-0.3, -0.25) is 0 Å². The van der Waals surface area contributed by atoms with E-state index in [9.17, 15) is 0 Å². The molecule has 0 heterocycles. The molecule has 16 heavy (non-hydrogen) atoms. The first-order chi connectivity index (χ1) is 7.79. The molecule has 1 aromatic carbocycles. The Hall–Kier alpha value is -0.530. The third-order valence-electron chi connectivity index (χ3n) is 4.62. The highest BCUT2D eigenvalue weighted by Gasteiger charge is 2.47. The van der Waals surface area contributed by atoms with Crippen LogP contribution in [0.4, 0.5) is 0 Å². The molecular formula is C14H18ClN. The van der Waals surface area contributed by atoms with Gasteiger partial charge in [-0.2, -0.15) is 0 Å². The fourth-order valence-corrected chi connectivity index (χ4v) is 4.08. The summed E-state index contributed by atoms with van der Waals surface area (Å²) in [5, 5.41) is 0.830. The minimum atomic E-state index is 0.695. The van der Waals surface area contributed by atoms with Crippen molar-refractivity contribution in [3.8, 4) is 0 Å². The van der Waals surface area contributed by atoms with Crippen LogP contribution in [0.5, 0.6) is 0 Å². The summed E-state index contributed by atoms with van der Waals surface area (Å²) >= 11 is 5.94. The first kappa shape index (κ1) is 10.6. The fraction of sp³-hybridized carbons (Fsp3) is 0.571. The zero-order valence-electron chi connectivity index (χ0n) is 9.40. The van der Waals surface area contributed by atoms with Crippen LogP contribution in [0.3, 0.4) is 0 Å². The van der Waals surface area contributed by atoms with E-state index in [0.717, 1.165) is 23.4 Å². The maximum atomic E-state index is 5.95. The molecule has 1 aromatic rings. The van der Waals surface area contributed by atoms with Gasteiger partial charge in [-0.1, -0.05) is 23.7 Å². The topological polar surface area (TPSA) is 26.0 Å². The minimum absolute atomic E-state index is 0.695. The Kier molecular flexibility index (Phi) is 2.68. The maximum Gasteiger partial charge on any atom is 0.0406 e. The van der Waals surface area contributed by atoms with E-state index in [-0.39, 0.29) is 0 Å². The number of fused-ring (bicyclic) bond motifs is 2. The van der Waals surface area contributed by atoms with Crippen LogP contribution in [0.2, 0.25) is 5.02 Å². The van der Waals surface area contributed by atoms with Crippen molar-refractivity contribution in [2.45, 2.75) is 25.2 Å². The zero-order chi connectivity index (χ0) is 11.1. The first-order valence-corrected chi connectivity index (χ1v) is 6.63. The van der Waals surface area contributed by atoms with Gasteiger partial charge in [-0.05, 0) is 67.2 Å². The molecule has 0 aromatic heterocycles. The molecule has 4 unspecified atom stereocenters. The van der Waals surface area contributed by atoms with Crippen LogP contribution < -0.4 is 5.73 Å². The summed E-state index contributed by atoms with van der Waals surface area (Å²) in [6, 6.07) is 8.40. The molecular weight excluding hydrogens is 218 g/mol. The molecule has 4 atom stereocenters. The van der Waals surface area contributed by atoms with Crippen LogP contribution >= 0.6 is 11.6 Å². The predicted octanol–water partition coefficient (Wildman–Crippen LogP) is 3.43. The summed E-state index contributed by atoms with van der Waals surface area (Å²) < 4.78 is 0. The highest BCUT2D eigenvalue weighted by Crippen LogP contribution is 2.56. The molecule has 2 bridgehead atoms. The Morgan fingerprint density at radius 1 is 1.12 bits per heavy atom. The summed E-state index contributed by atoms with van der Waals surface area (Å²) in [4.78, 5) is 0. The zero-order valence-corrected chi connectivity index (χ0v) is 10.2. The van der Waals surface area contributed by atoms with Gasteiger partial charge < -0.3 is 5.73 Å². The molecule has 2 aliphatic rings. The smallest absolute Gasteiger partial charge is 0.0406 e. The number of rotatable bonds is 2. The van der Waals surface area contributed by atoms with Crippen LogP contribution in [0.25, 0.3) is 0 Å². The van der Waals surface area contributed by atoms with Crippen LogP contribution in [0, 0.1) is 17.8 Å². The molecule has 2 fully saturated rings. The number of hydrogen-bond donors (Lipinski definition) is 1. The summed E-state index contributed by atoms with van der Waals surface area (Å²) in [5.74, 6) is 3.16. The van der Waals surface area contributed by atoms with Gasteiger partial charge in [0.1, 0.15) is 0 Å². The molecule has 1 nitrogen and oxygen atoms in total. The van der Waals surface area contributed by atoms with E-state index in [1.807, 2.05) is 12.1 Å². The summed E-state index contributed by atoms with van der Waals surface area (Å²) in [6.45, 7) is 0.842. The van der Waals surface area contributed by atoms with E-state index in [0.29, 0.717) is 11.8 Å². The van der Waals surface area contributed by atoms with E-state index in [4.69, 9.17) is 17.3 Å². The monoisotopic (exact) mass is 235 g/mol.